The first-order chi connectivity index (χ1) is 17.7. The topological polar surface area (TPSA) is 101 Å². The fraction of sp³-hybridized carbons (Fsp3) is 0.296. The van der Waals surface area contributed by atoms with Gasteiger partial charge in [-0.3, -0.25) is 0 Å². The Kier molecular flexibility index (Phi) is 6.96. The van der Waals surface area contributed by atoms with Crippen molar-refractivity contribution in [2.24, 2.45) is 5.92 Å². The van der Waals surface area contributed by atoms with Crippen molar-refractivity contribution < 1.29 is 18.7 Å². The standard InChI is InChI=1S/C27H26FN5O3/c28-9-12-31-27(34)33-23-4-2-1-3-20(23)14-26(33)36-25-6-5-19-13-21(16-29)24(15-22(19)32-25)35-17-18-7-10-30-11-8-18/h1-6,13-15,18,30H,7-12,17H2,(H,31,34). The second kappa shape index (κ2) is 10.6. The fourth-order valence-electron chi connectivity index (χ4n) is 4.41. The summed E-state index contributed by atoms with van der Waals surface area (Å²) in [6.07, 6.45) is 2.08. The largest absolute Gasteiger partial charge is 0.492 e. The van der Waals surface area contributed by atoms with Gasteiger partial charge in [-0.25, -0.2) is 18.7 Å². The van der Waals surface area contributed by atoms with Gasteiger partial charge < -0.3 is 20.1 Å². The summed E-state index contributed by atoms with van der Waals surface area (Å²) in [4.78, 5) is 17.4. The maximum Gasteiger partial charge on any atom is 0.328 e. The van der Waals surface area contributed by atoms with Gasteiger partial charge in [0.25, 0.3) is 0 Å². The normalized spacial score (nSPS) is 14.0. The second-order valence-electron chi connectivity index (χ2n) is 8.71. The molecule has 0 saturated carbocycles. The van der Waals surface area contributed by atoms with Crippen LogP contribution in [0.2, 0.25) is 0 Å². The molecule has 0 bridgehead atoms. The lowest BCUT2D eigenvalue weighted by Gasteiger charge is -2.23. The molecular weight excluding hydrogens is 461 g/mol. The Hall–Kier alpha value is -4.16. The number of benzene rings is 2. The first-order valence-electron chi connectivity index (χ1n) is 12.0. The molecular formula is C27H26FN5O3. The van der Waals surface area contributed by atoms with Crippen LogP contribution in [0.5, 0.6) is 17.5 Å². The van der Waals surface area contributed by atoms with Crippen molar-refractivity contribution in [3.8, 4) is 23.6 Å². The number of halogens is 1. The van der Waals surface area contributed by atoms with Crippen LogP contribution in [0.1, 0.15) is 18.4 Å². The van der Waals surface area contributed by atoms with Gasteiger partial charge in [0.2, 0.25) is 11.8 Å². The zero-order chi connectivity index (χ0) is 24.9. The fourth-order valence-corrected chi connectivity index (χ4v) is 4.41. The number of pyridine rings is 1. The molecule has 2 aromatic carbocycles. The number of para-hydroxylation sites is 1. The third-order valence-corrected chi connectivity index (χ3v) is 6.28. The molecule has 1 aliphatic heterocycles. The number of hydrogen-bond donors (Lipinski definition) is 2. The van der Waals surface area contributed by atoms with Gasteiger partial charge in [-0.05, 0) is 50.0 Å². The molecule has 3 heterocycles. The van der Waals surface area contributed by atoms with Crippen LogP contribution in [0.3, 0.4) is 0 Å². The number of fused-ring (bicyclic) bond motifs is 2. The van der Waals surface area contributed by atoms with Crippen molar-refractivity contribution in [3.63, 3.8) is 0 Å². The van der Waals surface area contributed by atoms with Gasteiger partial charge in [0.05, 0.1) is 23.2 Å². The van der Waals surface area contributed by atoms with Crippen molar-refractivity contribution in [1.82, 2.24) is 20.2 Å². The lowest BCUT2D eigenvalue weighted by Crippen LogP contribution is -2.30. The smallest absolute Gasteiger partial charge is 0.328 e. The molecule has 184 valence electrons. The van der Waals surface area contributed by atoms with Crippen molar-refractivity contribution >= 4 is 27.8 Å². The molecule has 36 heavy (non-hydrogen) atoms. The molecule has 1 saturated heterocycles. The minimum atomic E-state index is -0.667. The molecule has 5 rings (SSSR count). The highest BCUT2D eigenvalue weighted by atomic mass is 19.1. The van der Waals surface area contributed by atoms with E-state index in [-0.39, 0.29) is 18.3 Å². The molecule has 0 unspecified atom stereocenters. The molecule has 1 amide bonds. The Morgan fingerprint density at radius 2 is 2.00 bits per heavy atom. The Morgan fingerprint density at radius 3 is 2.81 bits per heavy atom. The Bertz CT molecular complexity index is 1440. The minimum absolute atomic E-state index is 0.0968. The van der Waals surface area contributed by atoms with Crippen LogP contribution in [0, 0.1) is 17.2 Å². The molecule has 0 spiro atoms. The van der Waals surface area contributed by atoms with E-state index < -0.39 is 12.7 Å². The number of carbonyl (C=O) groups is 1. The van der Waals surface area contributed by atoms with Crippen molar-refractivity contribution in [3.05, 3.63) is 60.2 Å². The van der Waals surface area contributed by atoms with Crippen LogP contribution in [0.25, 0.3) is 21.8 Å². The van der Waals surface area contributed by atoms with E-state index in [1.54, 1.807) is 30.3 Å². The van der Waals surface area contributed by atoms with Crippen molar-refractivity contribution in [2.45, 2.75) is 12.8 Å². The molecule has 8 nitrogen and oxygen atoms in total. The lowest BCUT2D eigenvalue weighted by molar-refractivity contribution is 0.215. The number of nitriles is 1. The second-order valence-corrected chi connectivity index (χ2v) is 8.71. The van der Waals surface area contributed by atoms with Gasteiger partial charge in [-0.15, -0.1) is 0 Å². The predicted molar refractivity (Wildman–Crippen MR) is 134 cm³/mol. The number of ether oxygens (including phenoxy) is 2. The summed E-state index contributed by atoms with van der Waals surface area (Å²) in [6.45, 7) is 1.73. The number of rotatable bonds is 7. The van der Waals surface area contributed by atoms with E-state index in [0.29, 0.717) is 34.9 Å². The maximum atomic E-state index is 12.8. The van der Waals surface area contributed by atoms with E-state index in [1.807, 2.05) is 24.3 Å². The van der Waals surface area contributed by atoms with Crippen LogP contribution in [-0.2, 0) is 0 Å². The van der Waals surface area contributed by atoms with Crippen LogP contribution in [-0.4, -0.2) is 48.5 Å². The first-order valence-corrected chi connectivity index (χ1v) is 12.0. The quantitative estimate of drug-likeness (QED) is 0.390. The van der Waals surface area contributed by atoms with E-state index in [9.17, 15) is 14.4 Å². The number of carbonyl (C=O) groups excluding carboxylic acids is 1. The molecule has 4 aromatic rings. The Morgan fingerprint density at radius 1 is 1.17 bits per heavy atom. The average molecular weight is 488 g/mol. The molecule has 1 aliphatic rings. The summed E-state index contributed by atoms with van der Waals surface area (Å²) >= 11 is 0. The molecule has 0 radical (unpaired) electrons. The summed E-state index contributed by atoms with van der Waals surface area (Å²) in [6, 6.07) is 17.8. The number of nitrogens with one attached hydrogen (secondary N) is 2. The molecule has 0 atom stereocenters. The zero-order valence-corrected chi connectivity index (χ0v) is 19.7. The summed E-state index contributed by atoms with van der Waals surface area (Å²) in [5.74, 6) is 1.48. The van der Waals surface area contributed by atoms with E-state index in [1.165, 1.54) is 4.57 Å². The molecule has 2 N–H and O–H groups in total. The zero-order valence-electron chi connectivity index (χ0n) is 19.7. The third-order valence-electron chi connectivity index (χ3n) is 6.28. The summed E-state index contributed by atoms with van der Waals surface area (Å²) in [7, 11) is 0. The van der Waals surface area contributed by atoms with Gasteiger partial charge in [-0.1, -0.05) is 18.2 Å². The van der Waals surface area contributed by atoms with Gasteiger partial charge >= 0.3 is 6.03 Å². The first kappa shape index (κ1) is 23.6. The van der Waals surface area contributed by atoms with Crippen LogP contribution < -0.4 is 20.1 Å². The highest BCUT2D eigenvalue weighted by molar-refractivity contribution is 5.94. The van der Waals surface area contributed by atoms with Crippen molar-refractivity contribution in [1.29, 1.82) is 5.26 Å². The highest BCUT2D eigenvalue weighted by Crippen LogP contribution is 2.31. The third kappa shape index (κ3) is 4.95. The predicted octanol–water partition coefficient (Wildman–Crippen LogP) is 4.76. The maximum absolute atomic E-state index is 12.8. The van der Waals surface area contributed by atoms with Crippen LogP contribution in [0.15, 0.2) is 54.6 Å². The average Bonchev–Trinajstić information content (AvgIpc) is 3.28. The van der Waals surface area contributed by atoms with Gasteiger partial charge in [0, 0.05) is 35.5 Å². The Labute approximate surface area is 207 Å². The summed E-state index contributed by atoms with van der Waals surface area (Å²) in [5.41, 5.74) is 1.70. The number of hydrogen-bond acceptors (Lipinski definition) is 6. The number of amides is 1. The number of aromatic nitrogens is 2. The molecule has 2 aromatic heterocycles. The van der Waals surface area contributed by atoms with E-state index >= 15 is 0 Å². The molecule has 0 aliphatic carbocycles. The van der Waals surface area contributed by atoms with E-state index in [2.05, 4.69) is 21.7 Å². The highest BCUT2D eigenvalue weighted by Gasteiger charge is 2.18. The Balaban J connectivity index is 1.44. The molecule has 1 fully saturated rings. The number of piperidine rings is 1. The van der Waals surface area contributed by atoms with Crippen molar-refractivity contribution in [2.75, 3.05) is 32.9 Å². The lowest BCUT2D eigenvalue weighted by atomic mass is 9.99. The van der Waals surface area contributed by atoms with Gasteiger partial charge in [0.1, 0.15) is 18.5 Å². The SMILES string of the molecule is N#Cc1cc2ccc(Oc3cc4ccccc4n3C(=O)NCCF)nc2cc1OCC1CCNCC1. The van der Waals surface area contributed by atoms with E-state index in [0.717, 1.165) is 36.7 Å². The molecule has 9 heteroatoms. The van der Waals surface area contributed by atoms with E-state index in [4.69, 9.17) is 9.47 Å². The summed E-state index contributed by atoms with van der Waals surface area (Å²) in [5, 5.41) is 17.1. The number of nitrogens with zero attached hydrogens (tertiary/aromatic N) is 3. The van der Waals surface area contributed by atoms with Gasteiger partial charge in [-0.2, -0.15) is 5.26 Å². The van der Waals surface area contributed by atoms with Crippen LogP contribution >= 0.6 is 0 Å². The monoisotopic (exact) mass is 487 g/mol. The summed E-state index contributed by atoms with van der Waals surface area (Å²) < 4.78 is 26.1. The number of alkyl halides is 1. The van der Waals surface area contributed by atoms with Gasteiger partial charge in [0.15, 0.2) is 0 Å². The van der Waals surface area contributed by atoms with Crippen LogP contribution in [0.4, 0.5) is 9.18 Å². The minimum Gasteiger partial charge on any atom is -0.492 e.